The number of nitro groups is 1. The summed E-state index contributed by atoms with van der Waals surface area (Å²) < 4.78 is 0. The smallest absolute Gasteiger partial charge is 0.271 e. The first-order valence-corrected chi connectivity index (χ1v) is 8.75. The number of nitro benzene ring substituents is 1. The van der Waals surface area contributed by atoms with E-state index in [2.05, 4.69) is 5.32 Å². The summed E-state index contributed by atoms with van der Waals surface area (Å²) in [6.07, 6.45) is 1.33. The van der Waals surface area contributed by atoms with Gasteiger partial charge < -0.3 is 10.2 Å². The van der Waals surface area contributed by atoms with E-state index in [1.54, 1.807) is 30.0 Å². The maximum Gasteiger partial charge on any atom is 0.271 e. The Bertz CT molecular complexity index is 819. The average Bonchev–Trinajstić information content (AvgIpc) is 3.27. The highest BCUT2D eigenvalue weighted by atomic mass is 32.1. The van der Waals surface area contributed by atoms with Crippen molar-refractivity contribution in [3.8, 4) is 0 Å². The number of rotatable bonds is 4. The molecule has 1 fully saturated rings. The van der Waals surface area contributed by atoms with Crippen molar-refractivity contribution in [2.24, 2.45) is 0 Å². The van der Waals surface area contributed by atoms with E-state index >= 15 is 0 Å². The van der Waals surface area contributed by atoms with Crippen LogP contribution in [-0.4, -0.2) is 34.2 Å². The van der Waals surface area contributed by atoms with Gasteiger partial charge in [0.15, 0.2) is 0 Å². The standard InChI is InChI=1S/C17H17N3O4S/c1-11-6-7-12(20(23)24)10-13(11)18-16(21)14-4-2-8-19(14)17(22)15-5-3-9-25-15/h3,5-7,9-10,14H,2,4,8H2,1H3,(H,18,21). The summed E-state index contributed by atoms with van der Waals surface area (Å²) in [6, 6.07) is 7.31. The number of anilines is 1. The fourth-order valence-electron chi connectivity index (χ4n) is 2.90. The summed E-state index contributed by atoms with van der Waals surface area (Å²) >= 11 is 1.35. The Labute approximate surface area is 148 Å². The van der Waals surface area contributed by atoms with Gasteiger partial charge in [0.2, 0.25) is 5.91 Å². The first kappa shape index (κ1) is 17.1. The second-order valence-electron chi connectivity index (χ2n) is 5.88. The van der Waals surface area contributed by atoms with Gasteiger partial charge in [0.1, 0.15) is 6.04 Å². The number of amides is 2. The minimum absolute atomic E-state index is 0.0844. The molecule has 2 aromatic rings. The molecule has 1 unspecified atom stereocenters. The second kappa shape index (κ2) is 7.02. The molecule has 25 heavy (non-hydrogen) atoms. The summed E-state index contributed by atoms with van der Waals surface area (Å²) in [5.74, 6) is -0.464. The lowest BCUT2D eigenvalue weighted by atomic mass is 10.1. The van der Waals surface area contributed by atoms with E-state index in [0.717, 1.165) is 12.0 Å². The highest BCUT2D eigenvalue weighted by Gasteiger charge is 2.35. The molecule has 0 spiro atoms. The molecule has 1 N–H and O–H groups in total. The van der Waals surface area contributed by atoms with Crippen molar-refractivity contribution in [1.29, 1.82) is 0 Å². The highest BCUT2D eigenvalue weighted by Crippen LogP contribution is 2.26. The molecule has 1 aliphatic rings. The van der Waals surface area contributed by atoms with E-state index in [9.17, 15) is 19.7 Å². The van der Waals surface area contributed by atoms with Crippen molar-refractivity contribution in [2.75, 3.05) is 11.9 Å². The molecule has 3 rings (SSSR count). The zero-order chi connectivity index (χ0) is 18.0. The molecule has 130 valence electrons. The zero-order valence-electron chi connectivity index (χ0n) is 13.6. The molecule has 1 aliphatic heterocycles. The first-order chi connectivity index (χ1) is 12.0. The Morgan fingerprint density at radius 3 is 2.84 bits per heavy atom. The number of carbonyl (C=O) groups excluding carboxylic acids is 2. The van der Waals surface area contributed by atoms with E-state index < -0.39 is 11.0 Å². The van der Waals surface area contributed by atoms with Gasteiger partial charge in [0.05, 0.1) is 15.5 Å². The average molecular weight is 359 g/mol. The van der Waals surface area contributed by atoms with E-state index in [-0.39, 0.29) is 17.5 Å². The SMILES string of the molecule is Cc1ccc([N+](=O)[O-])cc1NC(=O)C1CCCN1C(=O)c1cccs1. The van der Waals surface area contributed by atoms with Crippen molar-refractivity contribution < 1.29 is 14.5 Å². The fourth-order valence-corrected chi connectivity index (χ4v) is 3.58. The number of hydrogen-bond acceptors (Lipinski definition) is 5. The first-order valence-electron chi connectivity index (χ1n) is 7.88. The van der Waals surface area contributed by atoms with Crippen molar-refractivity contribution in [1.82, 2.24) is 4.90 Å². The molecule has 0 radical (unpaired) electrons. The largest absolute Gasteiger partial charge is 0.326 e. The van der Waals surface area contributed by atoms with Gasteiger partial charge in [-0.1, -0.05) is 12.1 Å². The summed E-state index contributed by atoms with van der Waals surface area (Å²) in [4.78, 5) is 37.8. The summed E-state index contributed by atoms with van der Waals surface area (Å²) in [5.41, 5.74) is 1.04. The van der Waals surface area contributed by atoms with E-state index in [1.807, 2.05) is 5.38 Å². The highest BCUT2D eigenvalue weighted by molar-refractivity contribution is 7.12. The van der Waals surface area contributed by atoms with Crippen LogP contribution in [0.15, 0.2) is 35.7 Å². The van der Waals surface area contributed by atoms with Crippen molar-refractivity contribution >= 4 is 34.5 Å². The lowest BCUT2D eigenvalue weighted by Gasteiger charge is -2.23. The molecule has 0 aliphatic carbocycles. The Morgan fingerprint density at radius 2 is 2.16 bits per heavy atom. The van der Waals surface area contributed by atoms with Crippen LogP contribution in [0.4, 0.5) is 11.4 Å². The molecule has 0 saturated carbocycles. The molecule has 2 heterocycles. The van der Waals surface area contributed by atoms with Gasteiger partial charge in [-0.15, -0.1) is 11.3 Å². The summed E-state index contributed by atoms with van der Waals surface area (Å²) in [6.45, 7) is 2.30. The van der Waals surface area contributed by atoms with Crippen LogP contribution >= 0.6 is 11.3 Å². The molecule has 1 aromatic heterocycles. The number of non-ortho nitro benzene ring substituents is 1. The van der Waals surface area contributed by atoms with Gasteiger partial charge in [-0.25, -0.2) is 0 Å². The number of aryl methyl sites for hydroxylation is 1. The van der Waals surface area contributed by atoms with Crippen LogP contribution in [0.1, 0.15) is 28.1 Å². The van der Waals surface area contributed by atoms with Crippen LogP contribution < -0.4 is 5.32 Å². The van der Waals surface area contributed by atoms with E-state index in [1.165, 1.54) is 23.5 Å². The predicted molar refractivity (Wildman–Crippen MR) is 94.8 cm³/mol. The van der Waals surface area contributed by atoms with Crippen molar-refractivity contribution in [3.05, 3.63) is 56.3 Å². The normalized spacial score (nSPS) is 16.7. The quantitative estimate of drug-likeness (QED) is 0.670. The third kappa shape index (κ3) is 3.53. The molecule has 1 atom stereocenters. The van der Waals surface area contributed by atoms with Crippen LogP contribution in [0.3, 0.4) is 0 Å². The van der Waals surface area contributed by atoms with Gasteiger partial charge in [-0.3, -0.25) is 19.7 Å². The Balaban J connectivity index is 1.77. The molecule has 1 saturated heterocycles. The number of benzene rings is 1. The van der Waals surface area contributed by atoms with Gasteiger partial charge >= 0.3 is 0 Å². The molecule has 7 nitrogen and oxygen atoms in total. The maximum atomic E-state index is 12.7. The van der Waals surface area contributed by atoms with Gasteiger partial charge in [0.25, 0.3) is 11.6 Å². The second-order valence-corrected chi connectivity index (χ2v) is 6.83. The lowest BCUT2D eigenvalue weighted by Crippen LogP contribution is -2.43. The van der Waals surface area contributed by atoms with E-state index in [4.69, 9.17) is 0 Å². The van der Waals surface area contributed by atoms with Crippen LogP contribution in [-0.2, 0) is 4.79 Å². The van der Waals surface area contributed by atoms with Crippen LogP contribution in [0, 0.1) is 17.0 Å². The minimum Gasteiger partial charge on any atom is -0.326 e. The molecule has 1 aromatic carbocycles. The Morgan fingerprint density at radius 1 is 1.36 bits per heavy atom. The summed E-state index contributed by atoms with van der Waals surface area (Å²) in [5, 5.41) is 15.5. The van der Waals surface area contributed by atoms with Crippen molar-refractivity contribution in [3.63, 3.8) is 0 Å². The number of thiophene rings is 1. The van der Waals surface area contributed by atoms with Gasteiger partial charge in [0, 0.05) is 18.7 Å². The van der Waals surface area contributed by atoms with Crippen molar-refractivity contribution in [2.45, 2.75) is 25.8 Å². The van der Waals surface area contributed by atoms with Gasteiger partial charge in [-0.2, -0.15) is 0 Å². The zero-order valence-corrected chi connectivity index (χ0v) is 14.4. The number of hydrogen-bond donors (Lipinski definition) is 1. The number of nitrogens with zero attached hydrogens (tertiary/aromatic N) is 2. The van der Waals surface area contributed by atoms with Gasteiger partial charge in [-0.05, 0) is 36.8 Å². The molecular weight excluding hydrogens is 342 g/mol. The van der Waals surface area contributed by atoms with E-state index in [0.29, 0.717) is 23.5 Å². The third-order valence-corrected chi connectivity index (χ3v) is 5.10. The van der Waals surface area contributed by atoms with Crippen LogP contribution in [0.25, 0.3) is 0 Å². The third-order valence-electron chi connectivity index (χ3n) is 4.24. The van der Waals surface area contributed by atoms with Crippen LogP contribution in [0.5, 0.6) is 0 Å². The topological polar surface area (TPSA) is 92.6 Å². The monoisotopic (exact) mass is 359 g/mol. The fraction of sp³-hybridized carbons (Fsp3) is 0.294. The predicted octanol–water partition coefficient (Wildman–Crippen LogP) is 3.21. The van der Waals surface area contributed by atoms with Crippen LogP contribution in [0.2, 0.25) is 0 Å². The minimum atomic E-state index is -0.562. The Kier molecular flexibility index (Phi) is 4.80. The lowest BCUT2D eigenvalue weighted by molar-refractivity contribution is -0.384. The Hall–Kier alpha value is -2.74. The molecule has 0 bridgehead atoms. The number of carbonyl (C=O) groups is 2. The number of likely N-dealkylation sites (tertiary alicyclic amines) is 1. The maximum absolute atomic E-state index is 12.7. The molecule has 8 heteroatoms. The molecule has 2 amide bonds. The molecular formula is C17H17N3O4S. The summed E-state index contributed by atoms with van der Waals surface area (Å²) in [7, 11) is 0. The number of nitrogens with one attached hydrogen (secondary N) is 1.